The average molecular weight is 286 g/mol. The van der Waals surface area contributed by atoms with Crippen molar-refractivity contribution in [1.29, 1.82) is 0 Å². The molecule has 0 radical (unpaired) electrons. The highest BCUT2D eigenvalue weighted by molar-refractivity contribution is 5.70. The lowest BCUT2D eigenvalue weighted by Gasteiger charge is -2.37. The van der Waals surface area contributed by atoms with Crippen molar-refractivity contribution in [3.05, 3.63) is 42.2 Å². The van der Waals surface area contributed by atoms with E-state index in [1.807, 2.05) is 6.07 Å². The number of nitrogens with zero attached hydrogens (tertiary/aromatic N) is 2. The van der Waals surface area contributed by atoms with Crippen molar-refractivity contribution in [1.82, 2.24) is 10.2 Å². The highest BCUT2D eigenvalue weighted by Gasteiger charge is 2.23. The molecule has 1 aromatic carbocycles. The SMILES string of the molecule is CC1CN(c2ccccc2NCc2ccn[nH]2)CC(C)O1. The largest absolute Gasteiger partial charge is 0.378 e. The summed E-state index contributed by atoms with van der Waals surface area (Å²) in [5, 5.41) is 10.4. The first kappa shape index (κ1) is 13.9. The smallest absolute Gasteiger partial charge is 0.0726 e. The number of aromatic nitrogens is 2. The minimum atomic E-state index is 0.259. The molecule has 1 aliphatic heterocycles. The lowest BCUT2D eigenvalue weighted by Crippen LogP contribution is -2.45. The van der Waals surface area contributed by atoms with Gasteiger partial charge in [-0.3, -0.25) is 5.10 Å². The number of H-pyrrole nitrogens is 1. The van der Waals surface area contributed by atoms with Crippen LogP contribution in [0.4, 0.5) is 11.4 Å². The highest BCUT2D eigenvalue weighted by Crippen LogP contribution is 2.28. The van der Waals surface area contributed by atoms with Crippen LogP contribution in [0.1, 0.15) is 19.5 Å². The number of anilines is 2. The molecule has 2 aromatic rings. The molecule has 2 unspecified atom stereocenters. The third kappa shape index (κ3) is 3.36. The van der Waals surface area contributed by atoms with E-state index in [0.29, 0.717) is 0 Å². The maximum Gasteiger partial charge on any atom is 0.0726 e. The van der Waals surface area contributed by atoms with Gasteiger partial charge in [-0.2, -0.15) is 5.10 Å². The molecule has 2 atom stereocenters. The van der Waals surface area contributed by atoms with E-state index >= 15 is 0 Å². The van der Waals surface area contributed by atoms with Gasteiger partial charge in [-0.1, -0.05) is 12.1 Å². The summed E-state index contributed by atoms with van der Waals surface area (Å²) in [4.78, 5) is 2.40. The Morgan fingerprint density at radius 3 is 2.71 bits per heavy atom. The molecule has 1 aliphatic rings. The fourth-order valence-electron chi connectivity index (χ4n) is 2.85. The molecule has 1 aromatic heterocycles. The van der Waals surface area contributed by atoms with Crippen LogP contribution in [-0.2, 0) is 11.3 Å². The Hall–Kier alpha value is -2.01. The fraction of sp³-hybridized carbons (Fsp3) is 0.438. The predicted octanol–water partition coefficient (Wildman–Crippen LogP) is 2.64. The Kier molecular flexibility index (Phi) is 4.10. The predicted molar refractivity (Wildman–Crippen MR) is 84.6 cm³/mol. The molecule has 0 aliphatic carbocycles. The zero-order chi connectivity index (χ0) is 14.7. The van der Waals surface area contributed by atoms with Crippen LogP contribution in [0.3, 0.4) is 0 Å². The van der Waals surface area contributed by atoms with Crippen LogP contribution in [0.25, 0.3) is 0 Å². The summed E-state index contributed by atoms with van der Waals surface area (Å²) in [7, 11) is 0. The third-order valence-corrected chi connectivity index (χ3v) is 3.69. The van der Waals surface area contributed by atoms with Crippen molar-refractivity contribution < 1.29 is 4.74 Å². The molecule has 1 saturated heterocycles. The number of nitrogens with one attached hydrogen (secondary N) is 2. The van der Waals surface area contributed by atoms with Gasteiger partial charge in [0.05, 0.1) is 35.8 Å². The van der Waals surface area contributed by atoms with Crippen LogP contribution >= 0.6 is 0 Å². The normalized spacial score (nSPS) is 22.3. The molecule has 0 spiro atoms. The van der Waals surface area contributed by atoms with E-state index in [2.05, 4.69) is 58.5 Å². The number of benzene rings is 1. The number of ether oxygens (including phenoxy) is 1. The van der Waals surface area contributed by atoms with Gasteiger partial charge in [0, 0.05) is 19.3 Å². The van der Waals surface area contributed by atoms with E-state index < -0.39 is 0 Å². The molecule has 2 heterocycles. The molecule has 0 amide bonds. The zero-order valence-electron chi connectivity index (χ0n) is 12.5. The van der Waals surface area contributed by atoms with Crippen molar-refractivity contribution in [2.24, 2.45) is 0 Å². The van der Waals surface area contributed by atoms with Gasteiger partial charge >= 0.3 is 0 Å². The monoisotopic (exact) mass is 286 g/mol. The molecular weight excluding hydrogens is 264 g/mol. The Bertz CT molecular complexity index is 559. The van der Waals surface area contributed by atoms with Gasteiger partial charge in [0.1, 0.15) is 0 Å². The van der Waals surface area contributed by atoms with Crippen LogP contribution in [0.15, 0.2) is 36.5 Å². The summed E-state index contributed by atoms with van der Waals surface area (Å²) in [6.45, 7) is 6.85. The summed E-state index contributed by atoms with van der Waals surface area (Å²) in [6, 6.07) is 10.4. The van der Waals surface area contributed by atoms with Crippen LogP contribution in [0, 0.1) is 0 Å². The Labute approximate surface area is 125 Å². The van der Waals surface area contributed by atoms with E-state index in [4.69, 9.17) is 4.74 Å². The second kappa shape index (κ2) is 6.18. The van der Waals surface area contributed by atoms with Gasteiger partial charge in [-0.25, -0.2) is 0 Å². The lowest BCUT2D eigenvalue weighted by molar-refractivity contribution is -0.00517. The molecule has 3 rings (SSSR count). The number of rotatable bonds is 4. The standard InChI is InChI=1S/C16H22N4O/c1-12-10-20(11-13(2)21-12)16-6-4-3-5-15(16)17-9-14-7-8-18-19-14/h3-8,12-13,17H,9-11H2,1-2H3,(H,18,19). The third-order valence-electron chi connectivity index (χ3n) is 3.69. The van der Waals surface area contributed by atoms with Crippen LogP contribution in [0.2, 0.25) is 0 Å². The van der Waals surface area contributed by atoms with Crippen molar-refractivity contribution in [3.8, 4) is 0 Å². The van der Waals surface area contributed by atoms with E-state index in [-0.39, 0.29) is 12.2 Å². The van der Waals surface area contributed by atoms with Crippen molar-refractivity contribution in [2.45, 2.75) is 32.6 Å². The van der Waals surface area contributed by atoms with Crippen LogP contribution in [-0.4, -0.2) is 35.5 Å². The van der Waals surface area contributed by atoms with E-state index in [1.165, 1.54) is 5.69 Å². The van der Waals surface area contributed by atoms with Gasteiger partial charge in [-0.15, -0.1) is 0 Å². The number of para-hydroxylation sites is 2. The van der Waals surface area contributed by atoms with Gasteiger partial charge < -0.3 is 15.0 Å². The lowest BCUT2D eigenvalue weighted by atomic mass is 10.1. The van der Waals surface area contributed by atoms with Crippen LogP contribution < -0.4 is 10.2 Å². The summed E-state index contributed by atoms with van der Waals surface area (Å²) >= 11 is 0. The molecule has 1 fully saturated rings. The zero-order valence-corrected chi connectivity index (χ0v) is 12.5. The van der Waals surface area contributed by atoms with Gasteiger partial charge in [0.15, 0.2) is 0 Å². The Morgan fingerprint density at radius 1 is 1.24 bits per heavy atom. The van der Waals surface area contributed by atoms with Gasteiger partial charge in [0.2, 0.25) is 0 Å². The van der Waals surface area contributed by atoms with Crippen LogP contribution in [0.5, 0.6) is 0 Å². The number of morpholine rings is 1. The summed E-state index contributed by atoms with van der Waals surface area (Å²) < 4.78 is 5.82. The van der Waals surface area contributed by atoms with Crippen molar-refractivity contribution >= 4 is 11.4 Å². The Morgan fingerprint density at radius 2 is 2.00 bits per heavy atom. The number of hydrogen-bond acceptors (Lipinski definition) is 4. The topological polar surface area (TPSA) is 53.2 Å². The first-order valence-electron chi connectivity index (χ1n) is 7.44. The summed E-state index contributed by atoms with van der Waals surface area (Å²) in [5.74, 6) is 0. The first-order valence-corrected chi connectivity index (χ1v) is 7.44. The molecular formula is C16H22N4O. The quantitative estimate of drug-likeness (QED) is 0.907. The maximum absolute atomic E-state index is 5.82. The Balaban J connectivity index is 1.75. The first-order chi connectivity index (χ1) is 10.2. The average Bonchev–Trinajstić information content (AvgIpc) is 2.98. The molecule has 0 bridgehead atoms. The molecule has 112 valence electrons. The highest BCUT2D eigenvalue weighted by atomic mass is 16.5. The van der Waals surface area contributed by atoms with Gasteiger partial charge in [0.25, 0.3) is 0 Å². The minimum absolute atomic E-state index is 0.259. The van der Waals surface area contributed by atoms with Gasteiger partial charge in [-0.05, 0) is 32.0 Å². The fourth-order valence-corrected chi connectivity index (χ4v) is 2.85. The van der Waals surface area contributed by atoms with Crippen molar-refractivity contribution in [2.75, 3.05) is 23.3 Å². The van der Waals surface area contributed by atoms with E-state index in [1.54, 1.807) is 6.20 Å². The number of aromatic amines is 1. The second-order valence-corrected chi connectivity index (χ2v) is 5.61. The van der Waals surface area contributed by atoms with E-state index in [0.717, 1.165) is 31.0 Å². The second-order valence-electron chi connectivity index (χ2n) is 5.61. The molecule has 0 saturated carbocycles. The summed E-state index contributed by atoms with van der Waals surface area (Å²) in [6.07, 6.45) is 2.29. The van der Waals surface area contributed by atoms with Crippen molar-refractivity contribution in [3.63, 3.8) is 0 Å². The molecule has 5 heteroatoms. The molecule has 5 nitrogen and oxygen atoms in total. The maximum atomic E-state index is 5.82. The van der Waals surface area contributed by atoms with E-state index in [9.17, 15) is 0 Å². The number of hydrogen-bond donors (Lipinski definition) is 2. The molecule has 2 N–H and O–H groups in total. The summed E-state index contributed by atoms with van der Waals surface area (Å²) in [5.41, 5.74) is 3.46. The minimum Gasteiger partial charge on any atom is -0.378 e. The molecule has 21 heavy (non-hydrogen) atoms.